The van der Waals surface area contributed by atoms with E-state index < -0.39 is 10.0 Å². The first-order chi connectivity index (χ1) is 17.7. The van der Waals surface area contributed by atoms with Gasteiger partial charge in [-0.2, -0.15) is 0 Å². The first kappa shape index (κ1) is 26.1. The molecule has 0 radical (unpaired) electrons. The number of hydrogen-bond donors (Lipinski definition) is 3. The predicted molar refractivity (Wildman–Crippen MR) is 150 cm³/mol. The third-order valence-corrected chi connectivity index (χ3v) is 9.41. The number of hydrogen-bond acceptors (Lipinski definition) is 8. The summed E-state index contributed by atoms with van der Waals surface area (Å²) < 4.78 is 34.4. The Bertz CT molecular complexity index is 1370. The molecule has 1 aromatic heterocycles. The highest BCUT2D eigenvalue weighted by Gasteiger charge is 2.29. The van der Waals surface area contributed by atoms with Crippen LogP contribution in [0.1, 0.15) is 43.9 Å². The lowest BCUT2D eigenvalue weighted by molar-refractivity contribution is 0.244. The van der Waals surface area contributed by atoms with Crippen molar-refractivity contribution in [1.29, 1.82) is 0 Å². The van der Waals surface area contributed by atoms with Crippen LogP contribution in [0, 0.1) is 0 Å². The fourth-order valence-electron chi connectivity index (χ4n) is 5.17. The number of nitrogen functional groups attached to an aromatic ring is 1. The van der Waals surface area contributed by atoms with Crippen LogP contribution in [0.3, 0.4) is 0 Å². The standard InChI is InChI=1S/C27H35N5O3S2/c1-17(2)35-25-9-6-18(14-23(25)29)27-30-15-26(36-27)22-5-3-4-21-20(22)7-8-24(21)31-37(33,34)13-12-32-11-10-19(28)16-32/h3-6,9,14-15,17,19,24,31H,7-8,10-13,16,28-29H2,1-2H3/t19-,24-/m0/s1. The minimum absolute atomic E-state index is 0.0529. The zero-order chi connectivity index (χ0) is 26.2. The maximum absolute atomic E-state index is 12.9. The van der Waals surface area contributed by atoms with Crippen LogP contribution in [0.25, 0.3) is 21.0 Å². The molecule has 5 N–H and O–H groups in total. The molecule has 0 unspecified atom stereocenters. The SMILES string of the molecule is CC(C)Oc1ccc(-c2ncc(-c3cccc4c3CC[C@@H]4NS(=O)(=O)CCN3CC[C@H](N)C3)s2)cc1N. The van der Waals surface area contributed by atoms with Crippen LogP contribution in [0.2, 0.25) is 0 Å². The molecule has 1 saturated heterocycles. The zero-order valence-corrected chi connectivity index (χ0v) is 22.9. The Morgan fingerprint density at radius 1 is 1.24 bits per heavy atom. The second-order valence-electron chi connectivity index (χ2n) is 10.2. The molecule has 2 heterocycles. The van der Waals surface area contributed by atoms with Crippen LogP contribution >= 0.6 is 11.3 Å². The van der Waals surface area contributed by atoms with E-state index in [-0.39, 0.29) is 23.9 Å². The van der Waals surface area contributed by atoms with Gasteiger partial charge in [0.05, 0.1) is 22.4 Å². The average molecular weight is 542 g/mol. The molecule has 1 fully saturated rings. The van der Waals surface area contributed by atoms with E-state index in [1.165, 1.54) is 5.56 Å². The Balaban J connectivity index is 1.31. The largest absolute Gasteiger partial charge is 0.489 e. The van der Waals surface area contributed by atoms with Crippen molar-refractivity contribution in [2.75, 3.05) is 31.1 Å². The van der Waals surface area contributed by atoms with Gasteiger partial charge in [0.1, 0.15) is 10.8 Å². The molecule has 0 spiro atoms. The molecular weight excluding hydrogens is 506 g/mol. The quantitative estimate of drug-likeness (QED) is 0.352. The van der Waals surface area contributed by atoms with E-state index in [0.29, 0.717) is 18.0 Å². The van der Waals surface area contributed by atoms with Gasteiger partial charge in [-0.25, -0.2) is 18.1 Å². The summed E-state index contributed by atoms with van der Waals surface area (Å²) in [5.41, 5.74) is 17.1. The summed E-state index contributed by atoms with van der Waals surface area (Å²) in [7, 11) is -3.40. The summed E-state index contributed by atoms with van der Waals surface area (Å²) in [6, 6.07) is 11.8. The van der Waals surface area contributed by atoms with Crippen LogP contribution < -0.4 is 20.9 Å². The van der Waals surface area contributed by atoms with Crippen molar-refractivity contribution in [3.8, 4) is 26.8 Å². The van der Waals surface area contributed by atoms with E-state index in [0.717, 1.165) is 58.9 Å². The van der Waals surface area contributed by atoms with Gasteiger partial charge in [0, 0.05) is 36.9 Å². The van der Waals surface area contributed by atoms with Crippen LogP contribution in [-0.4, -0.2) is 55.8 Å². The van der Waals surface area contributed by atoms with E-state index in [4.69, 9.17) is 16.2 Å². The number of sulfonamides is 1. The number of likely N-dealkylation sites (tertiary alicyclic amines) is 1. The van der Waals surface area contributed by atoms with Crippen LogP contribution in [0.15, 0.2) is 42.6 Å². The maximum Gasteiger partial charge on any atom is 0.213 e. The fourth-order valence-corrected chi connectivity index (χ4v) is 7.43. The molecule has 10 heteroatoms. The van der Waals surface area contributed by atoms with Gasteiger partial charge in [0.25, 0.3) is 0 Å². The number of anilines is 1. The topological polar surface area (TPSA) is 124 Å². The lowest BCUT2D eigenvalue weighted by Crippen LogP contribution is -2.36. The van der Waals surface area contributed by atoms with E-state index in [1.807, 2.05) is 50.4 Å². The number of fused-ring (bicyclic) bond motifs is 1. The second-order valence-corrected chi connectivity index (χ2v) is 13.1. The first-order valence-corrected chi connectivity index (χ1v) is 15.3. The Morgan fingerprint density at radius 3 is 2.81 bits per heavy atom. The van der Waals surface area contributed by atoms with Crippen molar-refractivity contribution in [1.82, 2.24) is 14.6 Å². The fraction of sp³-hybridized carbons (Fsp3) is 0.444. The molecule has 0 saturated carbocycles. The van der Waals surface area contributed by atoms with E-state index >= 15 is 0 Å². The number of nitrogens with two attached hydrogens (primary N) is 2. The normalized spacial score (nSPS) is 20.0. The summed E-state index contributed by atoms with van der Waals surface area (Å²) in [6.07, 6.45) is 4.44. The lowest BCUT2D eigenvalue weighted by Gasteiger charge is -2.18. The highest BCUT2D eigenvalue weighted by Crippen LogP contribution is 2.41. The molecule has 5 rings (SSSR count). The highest BCUT2D eigenvalue weighted by atomic mass is 32.2. The summed E-state index contributed by atoms with van der Waals surface area (Å²) in [5.74, 6) is 0.766. The van der Waals surface area contributed by atoms with Crippen molar-refractivity contribution in [3.63, 3.8) is 0 Å². The minimum atomic E-state index is -3.40. The molecular formula is C27H35N5O3S2. The maximum atomic E-state index is 12.9. The molecule has 1 aliphatic carbocycles. The van der Waals surface area contributed by atoms with Gasteiger partial charge in [-0.1, -0.05) is 18.2 Å². The minimum Gasteiger partial charge on any atom is -0.489 e. The summed E-state index contributed by atoms with van der Waals surface area (Å²) in [4.78, 5) is 7.85. The third kappa shape index (κ3) is 5.99. The van der Waals surface area contributed by atoms with Crippen molar-refractivity contribution < 1.29 is 13.2 Å². The van der Waals surface area contributed by atoms with Gasteiger partial charge >= 0.3 is 0 Å². The number of benzene rings is 2. The van der Waals surface area contributed by atoms with Gasteiger partial charge in [-0.3, -0.25) is 0 Å². The smallest absolute Gasteiger partial charge is 0.213 e. The number of nitrogens with zero attached hydrogens (tertiary/aromatic N) is 2. The van der Waals surface area contributed by atoms with Crippen LogP contribution in [0.4, 0.5) is 5.69 Å². The molecule has 1 aliphatic heterocycles. The molecule has 2 aromatic carbocycles. The first-order valence-electron chi connectivity index (χ1n) is 12.8. The summed E-state index contributed by atoms with van der Waals surface area (Å²) >= 11 is 1.61. The van der Waals surface area contributed by atoms with Crippen molar-refractivity contribution in [3.05, 3.63) is 53.7 Å². The number of thiazole rings is 1. The molecule has 198 valence electrons. The summed E-state index contributed by atoms with van der Waals surface area (Å²) in [6.45, 7) is 6.09. The Kier molecular flexibility index (Phi) is 7.56. The Hall–Kier alpha value is -2.50. The van der Waals surface area contributed by atoms with E-state index in [1.54, 1.807) is 11.3 Å². The highest BCUT2D eigenvalue weighted by molar-refractivity contribution is 7.89. The van der Waals surface area contributed by atoms with E-state index in [9.17, 15) is 8.42 Å². The molecule has 3 aromatic rings. The molecule has 8 nitrogen and oxygen atoms in total. The molecule has 0 bridgehead atoms. The third-order valence-electron chi connectivity index (χ3n) is 6.97. The van der Waals surface area contributed by atoms with Gasteiger partial charge in [0.2, 0.25) is 10.0 Å². The van der Waals surface area contributed by atoms with Crippen molar-refractivity contribution >= 4 is 27.0 Å². The van der Waals surface area contributed by atoms with Gasteiger partial charge < -0.3 is 21.1 Å². The van der Waals surface area contributed by atoms with Gasteiger partial charge in [-0.15, -0.1) is 11.3 Å². The van der Waals surface area contributed by atoms with E-state index in [2.05, 4.69) is 20.7 Å². The summed E-state index contributed by atoms with van der Waals surface area (Å²) in [5, 5.41) is 0.882. The number of rotatable bonds is 9. The predicted octanol–water partition coefficient (Wildman–Crippen LogP) is 3.79. The molecule has 2 atom stereocenters. The molecule has 2 aliphatic rings. The number of nitrogens with one attached hydrogen (secondary N) is 1. The number of aromatic nitrogens is 1. The Labute approximate surface area is 223 Å². The van der Waals surface area contributed by atoms with Crippen LogP contribution in [-0.2, 0) is 16.4 Å². The zero-order valence-electron chi connectivity index (χ0n) is 21.3. The second kappa shape index (κ2) is 10.7. The van der Waals surface area contributed by atoms with Crippen molar-refractivity contribution in [2.45, 2.75) is 51.3 Å². The van der Waals surface area contributed by atoms with Gasteiger partial charge in [-0.05, 0) is 74.5 Å². The van der Waals surface area contributed by atoms with Gasteiger partial charge in [0.15, 0.2) is 0 Å². The average Bonchev–Trinajstić information content (AvgIpc) is 3.59. The molecule has 0 amide bonds. The van der Waals surface area contributed by atoms with Crippen molar-refractivity contribution in [2.24, 2.45) is 5.73 Å². The number of ether oxygens (including phenoxy) is 1. The molecule has 37 heavy (non-hydrogen) atoms. The lowest BCUT2D eigenvalue weighted by atomic mass is 10.0. The van der Waals surface area contributed by atoms with Crippen LogP contribution in [0.5, 0.6) is 5.75 Å². The Morgan fingerprint density at radius 2 is 2.08 bits per heavy atom. The monoisotopic (exact) mass is 541 g/mol.